The van der Waals surface area contributed by atoms with Crippen LogP contribution in [0.3, 0.4) is 0 Å². The number of carboxylic acid groups (broad SMARTS) is 1. The molecule has 0 aliphatic rings. The summed E-state index contributed by atoms with van der Waals surface area (Å²) in [4.78, 5) is 33.5. The van der Waals surface area contributed by atoms with Crippen molar-refractivity contribution in [1.82, 2.24) is 5.32 Å². The van der Waals surface area contributed by atoms with E-state index in [4.69, 9.17) is 4.74 Å². The van der Waals surface area contributed by atoms with Gasteiger partial charge in [0.05, 0.1) is 23.7 Å². The number of nitro benzene ring substituents is 1. The molecule has 0 aliphatic heterocycles. The van der Waals surface area contributed by atoms with Crippen molar-refractivity contribution >= 4 is 23.6 Å². The molecule has 128 valence electrons. The Hall–Kier alpha value is -3.68. The molecule has 8 heteroatoms. The van der Waals surface area contributed by atoms with Crippen LogP contribution < -0.4 is 15.2 Å². The van der Waals surface area contributed by atoms with Gasteiger partial charge in [-0.15, -0.1) is 0 Å². The highest BCUT2D eigenvalue weighted by atomic mass is 16.6. The van der Waals surface area contributed by atoms with Gasteiger partial charge in [-0.05, 0) is 29.8 Å². The van der Waals surface area contributed by atoms with E-state index < -0.39 is 22.5 Å². The minimum absolute atomic E-state index is 0.0453. The summed E-state index contributed by atoms with van der Waals surface area (Å²) in [5.41, 5.74) is -0.293. The van der Waals surface area contributed by atoms with Gasteiger partial charge in [0.1, 0.15) is 5.75 Å². The summed E-state index contributed by atoms with van der Waals surface area (Å²) in [6.07, 6.45) is 1.21. The van der Waals surface area contributed by atoms with E-state index in [1.807, 2.05) is 0 Å². The van der Waals surface area contributed by atoms with Gasteiger partial charge < -0.3 is 20.0 Å². The molecule has 0 unspecified atom stereocenters. The third-order valence-electron chi connectivity index (χ3n) is 3.21. The van der Waals surface area contributed by atoms with Crippen LogP contribution in [-0.2, 0) is 4.79 Å². The van der Waals surface area contributed by atoms with Gasteiger partial charge in [0.15, 0.2) is 0 Å². The topological polar surface area (TPSA) is 122 Å². The number of benzene rings is 2. The van der Waals surface area contributed by atoms with Crippen molar-refractivity contribution in [3.63, 3.8) is 0 Å². The number of nitrogens with one attached hydrogen (secondary N) is 1. The smallest absolute Gasteiger partial charge is 0.270 e. The highest BCUT2D eigenvalue weighted by Crippen LogP contribution is 2.15. The minimum atomic E-state index is -1.59. The molecule has 0 bridgehead atoms. The Morgan fingerprint density at radius 2 is 1.84 bits per heavy atom. The largest absolute Gasteiger partial charge is 0.543 e. The Morgan fingerprint density at radius 3 is 2.40 bits per heavy atom. The van der Waals surface area contributed by atoms with Crippen molar-refractivity contribution < 1.29 is 24.4 Å². The van der Waals surface area contributed by atoms with E-state index in [1.165, 1.54) is 31.4 Å². The maximum atomic E-state index is 12.1. The number of methoxy groups -OCH3 is 1. The number of hydrogen-bond donors (Lipinski definition) is 1. The first-order chi connectivity index (χ1) is 11.9. The summed E-state index contributed by atoms with van der Waals surface area (Å²) < 4.78 is 5.00. The molecular weight excluding hydrogens is 328 g/mol. The maximum absolute atomic E-state index is 12.1. The van der Waals surface area contributed by atoms with Gasteiger partial charge in [-0.3, -0.25) is 14.9 Å². The summed E-state index contributed by atoms with van der Waals surface area (Å²) in [6, 6.07) is 11.4. The molecule has 0 aromatic heterocycles. The van der Waals surface area contributed by atoms with Gasteiger partial charge in [0.2, 0.25) is 0 Å². The van der Waals surface area contributed by atoms with Gasteiger partial charge >= 0.3 is 0 Å². The van der Waals surface area contributed by atoms with Crippen molar-refractivity contribution in [2.24, 2.45) is 0 Å². The van der Waals surface area contributed by atoms with Crippen LogP contribution in [0.5, 0.6) is 5.75 Å². The number of non-ortho nitro benzene ring substituents is 1. The number of rotatable bonds is 6. The molecule has 0 aliphatic carbocycles. The zero-order chi connectivity index (χ0) is 18.4. The lowest BCUT2D eigenvalue weighted by Gasteiger charge is -2.11. The molecule has 2 aromatic rings. The van der Waals surface area contributed by atoms with Crippen LogP contribution in [0.25, 0.3) is 6.08 Å². The number of amides is 1. The zero-order valence-corrected chi connectivity index (χ0v) is 13.1. The van der Waals surface area contributed by atoms with Gasteiger partial charge in [0.25, 0.3) is 11.6 Å². The standard InChI is InChI=1S/C17H14N2O6/c1-25-14-7-5-11(6-8-14)9-15(17(21)22)18-16(20)12-3-2-4-13(10-12)19(23)24/h2-10H,1H3,(H,18,20)(H,21,22)/p-1/b15-9-. The Kier molecular flexibility index (Phi) is 5.47. The van der Waals surface area contributed by atoms with E-state index in [1.54, 1.807) is 24.3 Å². The number of nitrogens with zero attached hydrogens (tertiary/aromatic N) is 1. The predicted molar refractivity (Wildman–Crippen MR) is 86.5 cm³/mol. The average molecular weight is 341 g/mol. The first-order valence-corrected chi connectivity index (χ1v) is 7.03. The molecule has 8 nitrogen and oxygen atoms in total. The number of aliphatic carboxylic acids is 1. The monoisotopic (exact) mass is 341 g/mol. The minimum Gasteiger partial charge on any atom is -0.543 e. The molecule has 1 amide bonds. The van der Waals surface area contributed by atoms with E-state index in [-0.39, 0.29) is 11.3 Å². The summed E-state index contributed by atoms with van der Waals surface area (Å²) in [7, 11) is 1.50. The van der Waals surface area contributed by atoms with Crippen LogP contribution in [0.15, 0.2) is 54.2 Å². The number of hydrogen-bond acceptors (Lipinski definition) is 6. The van der Waals surface area contributed by atoms with Crippen LogP contribution in [0.4, 0.5) is 5.69 Å². The van der Waals surface area contributed by atoms with Crippen molar-refractivity contribution in [2.45, 2.75) is 0 Å². The zero-order valence-electron chi connectivity index (χ0n) is 13.1. The molecule has 0 saturated carbocycles. The predicted octanol–water partition coefficient (Wildman–Crippen LogP) is 1.12. The molecule has 0 atom stereocenters. The lowest BCUT2D eigenvalue weighted by Crippen LogP contribution is -2.35. The van der Waals surface area contributed by atoms with Gasteiger partial charge in [-0.1, -0.05) is 18.2 Å². The quantitative estimate of drug-likeness (QED) is 0.477. The molecule has 0 heterocycles. The van der Waals surface area contributed by atoms with Gasteiger partial charge in [-0.25, -0.2) is 0 Å². The van der Waals surface area contributed by atoms with E-state index >= 15 is 0 Å². The SMILES string of the molecule is COc1ccc(/C=C(\NC(=O)c2cccc([N+](=O)[O-])c2)C(=O)[O-])cc1. The normalized spacial score (nSPS) is 10.8. The van der Waals surface area contributed by atoms with Gasteiger partial charge in [0, 0.05) is 17.7 Å². The molecular formula is C17H13N2O6-. The number of ether oxygens (including phenoxy) is 1. The second-order valence-electron chi connectivity index (χ2n) is 4.88. The number of nitro groups is 1. The summed E-state index contributed by atoms with van der Waals surface area (Å²) >= 11 is 0. The summed E-state index contributed by atoms with van der Waals surface area (Å²) in [6.45, 7) is 0. The van der Waals surface area contributed by atoms with Crippen LogP contribution in [0, 0.1) is 10.1 Å². The molecule has 2 rings (SSSR count). The third kappa shape index (κ3) is 4.64. The fraction of sp³-hybridized carbons (Fsp3) is 0.0588. The number of carboxylic acids is 1. The fourth-order valence-corrected chi connectivity index (χ4v) is 1.97. The van der Waals surface area contributed by atoms with Crippen molar-refractivity contribution in [3.05, 3.63) is 75.5 Å². The molecule has 0 radical (unpaired) electrons. The van der Waals surface area contributed by atoms with Crippen molar-refractivity contribution in [1.29, 1.82) is 0 Å². The second kappa shape index (κ2) is 7.73. The summed E-state index contributed by atoms with van der Waals surface area (Å²) in [5.74, 6) is -1.80. The van der Waals surface area contributed by atoms with Crippen LogP contribution in [0.1, 0.15) is 15.9 Å². The Morgan fingerprint density at radius 1 is 1.16 bits per heavy atom. The van der Waals surface area contributed by atoms with E-state index in [0.29, 0.717) is 11.3 Å². The first kappa shape index (κ1) is 17.7. The van der Waals surface area contributed by atoms with Crippen LogP contribution in [-0.4, -0.2) is 23.9 Å². The fourth-order valence-electron chi connectivity index (χ4n) is 1.97. The van der Waals surface area contributed by atoms with Crippen molar-refractivity contribution in [3.8, 4) is 5.75 Å². The highest BCUT2D eigenvalue weighted by molar-refractivity contribution is 6.02. The Labute approximate surface area is 142 Å². The Bertz CT molecular complexity index is 842. The molecule has 0 saturated heterocycles. The molecule has 0 fully saturated rings. The van der Waals surface area contributed by atoms with E-state index in [2.05, 4.69) is 5.32 Å². The molecule has 25 heavy (non-hydrogen) atoms. The number of carbonyl (C=O) groups is 2. The van der Waals surface area contributed by atoms with Crippen LogP contribution in [0.2, 0.25) is 0 Å². The van der Waals surface area contributed by atoms with Gasteiger partial charge in [-0.2, -0.15) is 0 Å². The van der Waals surface area contributed by atoms with Crippen molar-refractivity contribution in [2.75, 3.05) is 7.11 Å². The highest BCUT2D eigenvalue weighted by Gasteiger charge is 2.13. The average Bonchev–Trinajstić information content (AvgIpc) is 2.61. The first-order valence-electron chi connectivity index (χ1n) is 7.03. The molecule has 1 N–H and O–H groups in total. The second-order valence-corrected chi connectivity index (χ2v) is 4.88. The lowest BCUT2D eigenvalue weighted by atomic mass is 10.1. The summed E-state index contributed by atoms with van der Waals surface area (Å²) in [5, 5.41) is 24.2. The van der Waals surface area contributed by atoms with E-state index in [0.717, 1.165) is 6.07 Å². The molecule has 0 spiro atoms. The Balaban J connectivity index is 2.24. The van der Waals surface area contributed by atoms with Crippen LogP contribution >= 0.6 is 0 Å². The molecule has 2 aromatic carbocycles. The maximum Gasteiger partial charge on any atom is 0.270 e. The van der Waals surface area contributed by atoms with E-state index in [9.17, 15) is 24.8 Å². The third-order valence-corrected chi connectivity index (χ3v) is 3.21. The number of carbonyl (C=O) groups excluding carboxylic acids is 2. The lowest BCUT2D eigenvalue weighted by molar-refractivity contribution is -0.384.